The van der Waals surface area contributed by atoms with Crippen LogP contribution in [0.2, 0.25) is 0 Å². The lowest BCUT2D eigenvalue weighted by Gasteiger charge is -2.11. The molecular formula is C14H23N3O2. The molecule has 0 fully saturated rings. The van der Waals surface area contributed by atoms with Crippen LogP contribution in [0.25, 0.3) is 0 Å². The Labute approximate surface area is 113 Å². The van der Waals surface area contributed by atoms with E-state index in [0.717, 1.165) is 18.5 Å². The first-order valence-corrected chi connectivity index (χ1v) is 6.69. The topological polar surface area (TPSA) is 88.0 Å². The van der Waals surface area contributed by atoms with Crippen molar-refractivity contribution >= 4 is 5.91 Å². The monoisotopic (exact) mass is 265 g/mol. The van der Waals surface area contributed by atoms with Gasteiger partial charge in [0.25, 0.3) is 5.91 Å². The van der Waals surface area contributed by atoms with Gasteiger partial charge in [-0.15, -0.1) is 0 Å². The smallest absolute Gasteiger partial charge is 0.251 e. The summed E-state index contributed by atoms with van der Waals surface area (Å²) in [4.78, 5) is 26.2. The molecule has 0 aliphatic rings. The number of hydrogen-bond acceptors (Lipinski definition) is 3. The number of carbonyl (C=O) groups excluding carboxylic acids is 1. The van der Waals surface area contributed by atoms with Crippen LogP contribution < -0.4 is 16.6 Å². The van der Waals surface area contributed by atoms with Crippen LogP contribution >= 0.6 is 0 Å². The van der Waals surface area contributed by atoms with E-state index in [4.69, 9.17) is 5.73 Å². The molecular weight excluding hydrogens is 242 g/mol. The Morgan fingerprint density at radius 1 is 1.42 bits per heavy atom. The fraction of sp³-hybridized carbons (Fsp3) is 0.571. The average Bonchev–Trinajstić information content (AvgIpc) is 2.33. The zero-order valence-corrected chi connectivity index (χ0v) is 11.8. The van der Waals surface area contributed by atoms with Gasteiger partial charge in [0.1, 0.15) is 0 Å². The molecule has 1 rings (SSSR count). The van der Waals surface area contributed by atoms with Crippen LogP contribution in [0.15, 0.2) is 16.9 Å². The van der Waals surface area contributed by atoms with E-state index in [1.807, 2.05) is 6.92 Å². The first-order valence-electron chi connectivity index (χ1n) is 6.69. The molecule has 4 N–H and O–H groups in total. The standard InChI is InChI=1S/C14H23N3O2/c1-4-11(15)8-16-14(19)10-6-12(5-9(2)3)17-13(18)7-10/h6-7,9,11H,4-5,8,15H2,1-3H3,(H,16,19)(H,17,18). The molecule has 5 heteroatoms. The van der Waals surface area contributed by atoms with Crippen molar-refractivity contribution in [1.29, 1.82) is 0 Å². The van der Waals surface area contributed by atoms with Gasteiger partial charge in [0.2, 0.25) is 5.56 Å². The molecule has 0 saturated heterocycles. The number of H-pyrrole nitrogens is 1. The van der Waals surface area contributed by atoms with Gasteiger partial charge in [0.15, 0.2) is 0 Å². The highest BCUT2D eigenvalue weighted by Crippen LogP contribution is 2.06. The molecule has 19 heavy (non-hydrogen) atoms. The van der Waals surface area contributed by atoms with Crippen LogP contribution in [0.5, 0.6) is 0 Å². The number of hydrogen-bond donors (Lipinski definition) is 3. The van der Waals surface area contributed by atoms with Crippen molar-refractivity contribution in [3.8, 4) is 0 Å². The molecule has 1 aromatic heterocycles. The fourth-order valence-electron chi connectivity index (χ4n) is 1.75. The van der Waals surface area contributed by atoms with Gasteiger partial charge < -0.3 is 16.0 Å². The van der Waals surface area contributed by atoms with Crippen LogP contribution in [-0.4, -0.2) is 23.5 Å². The van der Waals surface area contributed by atoms with E-state index in [9.17, 15) is 9.59 Å². The van der Waals surface area contributed by atoms with Gasteiger partial charge in [-0.25, -0.2) is 0 Å². The van der Waals surface area contributed by atoms with Gasteiger partial charge in [0, 0.05) is 29.9 Å². The minimum absolute atomic E-state index is 0.0546. The number of pyridine rings is 1. The van der Waals surface area contributed by atoms with Crippen LogP contribution in [0.3, 0.4) is 0 Å². The van der Waals surface area contributed by atoms with Crippen LogP contribution in [0.1, 0.15) is 43.2 Å². The summed E-state index contributed by atoms with van der Waals surface area (Å²) >= 11 is 0. The summed E-state index contributed by atoms with van der Waals surface area (Å²) in [6, 6.07) is 2.99. The van der Waals surface area contributed by atoms with Crippen LogP contribution in [-0.2, 0) is 6.42 Å². The molecule has 1 atom stereocenters. The lowest BCUT2D eigenvalue weighted by molar-refractivity contribution is 0.0950. The minimum atomic E-state index is -0.250. The second-order valence-electron chi connectivity index (χ2n) is 5.23. The molecule has 0 radical (unpaired) electrons. The van der Waals surface area contributed by atoms with Gasteiger partial charge in [-0.05, 0) is 24.8 Å². The lowest BCUT2D eigenvalue weighted by Crippen LogP contribution is -2.37. The Bertz CT molecular complexity index is 480. The summed E-state index contributed by atoms with van der Waals surface area (Å²) in [5, 5.41) is 2.74. The van der Waals surface area contributed by atoms with E-state index >= 15 is 0 Å². The molecule has 1 amide bonds. The third kappa shape index (κ3) is 5.26. The molecule has 106 valence electrons. The second kappa shape index (κ2) is 7.09. The second-order valence-corrected chi connectivity index (χ2v) is 5.23. The zero-order chi connectivity index (χ0) is 14.4. The third-order valence-corrected chi connectivity index (χ3v) is 2.84. The highest BCUT2D eigenvalue weighted by Gasteiger charge is 2.10. The third-order valence-electron chi connectivity index (χ3n) is 2.84. The number of carbonyl (C=O) groups is 1. The Balaban J connectivity index is 2.79. The van der Waals surface area contributed by atoms with Gasteiger partial charge in [-0.3, -0.25) is 9.59 Å². The molecule has 0 aliphatic carbocycles. The van der Waals surface area contributed by atoms with Gasteiger partial charge in [-0.2, -0.15) is 0 Å². The van der Waals surface area contributed by atoms with Crippen molar-refractivity contribution in [2.75, 3.05) is 6.54 Å². The maximum atomic E-state index is 11.9. The summed E-state index contributed by atoms with van der Waals surface area (Å²) in [5.74, 6) is 0.169. The molecule has 0 spiro atoms. The number of aromatic amines is 1. The molecule has 1 heterocycles. The molecule has 0 bridgehead atoms. The fourth-order valence-corrected chi connectivity index (χ4v) is 1.75. The van der Waals surface area contributed by atoms with Crippen LogP contribution in [0, 0.1) is 5.92 Å². The Morgan fingerprint density at radius 3 is 2.68 bits per heavy atom. The normalized spacial score (nSPS) is 12.5. The summed E-state index contributed by atoms with van der Waals surface area (Å²) in [6.45, 7) is 6.50. The van der Waals surface area contributed by atoms with Crippen molar-refractivity contribution in [2.45, 2.75) is 39.7 Å². The number of aromatic nitrogens is 1. The Hall–Kier alpha value is -1.62. The zero-order valence-electron chi connectivity index (χ0n) is 11.8. The van der Waals surface area contributed by atoms with E-state index in [1.165, 1.54) is 6.07 Å². The van der Waals surface area contributed by atoms with Crippen molar-refractivity contribution in [1.82, 2.24) is 10.3 Å². The lowest BCUT2D eigenvalue weighted by atomic mass is 10.1. The van der Waals surface area contributed by atoms with Gasteiger partial charge in [0.05, 0.1) is 0 Å². The van der Waals surface area contributed by atoms with E-state index in [2.05, 4.69) is 24.1 Å². The first-order chi connectivity index (χ1) is 8.92. The summed E-state index contributed by atoms with van der Waals surface area (Å²) in [5.41, 5.74) is 6.67. The minimum Gasteiger partial charge on any atom is -0.350 e. The van der Waals surface area contributed by atoms with Gasteiger partial charge in [-0.1, -0.05) is 20.8 Å². The van der Waals surface area contributed by atoms with Gasteiger partial charge >= 0.3 is 0 Å². The number of nitrogens with one attached hydrogen (secondary N) is 2. The number of rotatable bonds is 6. The SMILES string of the molecule is CCC(N)CNC(=O)c1cc(CC(C)C)[nH]c(=O)c1. The Kier molecular flexibility index (Phi) is 5.76. The maximum absolute atomic E-state index is 11.9. The van der Waals surface area contributed by atoms with E-state index in [0.29, 0.717) is 18.0 Å². The van der Waals surface area contributed by atoms with Crippen molar-refractivity contribution in [3.05, 3.63) is 33.7 Å². The van der Waals surface area contributed by atoms with Crippen molar-refractivity contribution < 1.29 is 4.79 Å². The summed E-state index contributed by atoms with van der Waals surface area (Å²) < 4.78 is 0. The van der Waals surface area contributed by atoms with Crippen LogP contribution in [0.4, 0.5) is 0 Å². The molecule has 5 nitrogen and oxygen atoms in total. The average molecular weight is 265 g/mol. The first kappa shape index (κ1) is 15.4. The summed E-state index contributed by atoms with van der Waals surface area (Å²) in [6.07, 6.45) is 1.54. The molecule has 1 unspecified atom stereocenters. The van der Waals surface area contributed by atoms with E-state index < -0.39 is 0 Å². The largest absolute Gasteiger partial charge is 0.350 e. The predicted molar refractivity (Wildman–Crippen MR) is 76.2 cm³/mol. The molecule has 0 saturated carbocycles. The highest BCUT2D eigenvalue weighted by atomic mass is 16.2. The van der Waals surface area contributed by atoms with E-state index in [1.54, 1.807) is 6.07 Å². The van der Waals surface area contributed by atoms with Crippen molar-refractivity contribution in [3.63, 3.8) is 0 Å². The predicted octanol–water partition coefficient (Wildman–Crippen LogP) is 1.04. The number of nitrogens with two attached hydrogens (primary N) is 1. The van der Waals surface area contributed by atoms with Crippen molar-refractivity contribution in [2.24, 2.45) is 11.7 Å². The Morgan fingerprint density at radius 2 is 2.11 bits per heavy atom. The molecule has 0 aliphatic heterocycles. The van der Waals surface area contributed by atoms with E-state index in [-0.39, 0.29) is 17.5 Å². The number of amides is 1. The molecule has 0 aromatic carbocycles. The highest BCUT2D eigenvalue weighted by molar-refractivity contribution is 5.94. The maximum Gasteiger partial charge on any atom is 0.251 e. The summed E-state index contributed by atoms with van der Waals surface area (Å²) in [7, 11) is 0. The molecule has 1 aromatic rings. The quantitative estimate of drug-likeness (QED) is 0.718.